The van der Waals surface area contributed by atoms with Crippen LogP contribution >= 0.6 is 0 Å². The molecule has 2 amide bonds. The molecular weight excluding hydrogens is 333 g/mol. The summed E-state index contributed by atoms with van der Waals surface area (Å²) in [5, 5.41) is 5.27. The third kappa shape index (κ3) is 5.58. The molecular formula is C20H24FN3O2. The number of amides is 2. The first-order valence-electron chi connectivity index (χ1n) is 8.62. The number of anilines is 1. The Labute approximate surface area is 153 Å². The zero-order valence-corrected chi connectivity index (χ0v) is 15.1. The van der Waals surface area contributed by atoms with Crippen LogP contribution < -0.4 is 15.5 Å². The van der Waals surface area contributed by atoms with Gasteiger partial charge in [-0.1, -0.05) is 24.3 Å². The number of para-hydroxylation sites is 1. The summed E-state index contributed by atoms with van der Waals surface area (Å²) >= 11 is 0. The van der Waals surface area contributed by atoms with E-state index in [-0.39, 0.29) is 18.0 Å². The number of likely N-dealkylation sites (N-methyl/N-ethyl adjacent to an activating group) is 1. The van der Waals surface area contributed by atoms with Crippen LogP contribution in [0.3, 0.4) is 0 Å². The fourth-order valence-electron chi connectivity index (χ4n) is 2.65. The predicted molar refractivity (Wildman–Crippen MR) is 101 cm³/mol. The monoisotopic (exact) mass is 357 g/mol. The summed E-state index contributed by atoms with van der Waals surface area (Å²) in [5.74, 6) is -1.25. The molecule has 138 valence electrons. The lowest BCUT2D eigenvalue weighted by atomic mass is 10.2. The second kappa shape index (κ2) is 9.56. The molecule has 0 aromatic heterocycles. The van der Waals surface area contributed by atoms with Gasteiger partial charge in [-0.15, -0.1) is 0 Å². The molecule has 6 heteroatoms. The van der Waals surface area contributed by atoms with Crippen LogP contribution in [0.15, 0.2) is 48.5 Å². The zero-order valence-electron chi connectivity index (χ0n) is 15.1. The van der Waals surface area contributed by atoms with Gasteiger partial charge in [0.15, 0.2) is 0 Å². The summed E-state index contributed by atoms with van der Waals surface area (Å²) in [4.78, 5) is 26.0. The van der Waals surface area contributed by atoms with Gasteiger partial charge in [-0.05, 0) is 43.7 Å². The minimum Gasteiger partial charge on any atom is -0.370 e. The van der Waals surface area contributed by atoms with Crippen molar-refractivity contribution >= 4 is 17.5 Å². The molecule has 26 heavy (non-hydrogen) atoms. The number of nitrogens with one attached hydrogen (secondary N) is 2. The molecule has 5 nitrogen and oxygen atoms in total. The fraction of sp³-hybridized carbons (Fsp3) is 0.300. The van der Waals surface area contributed by atoms with Gasteiger partial charge in [0, 0.05) is 30.9 Å². The quantitative estimate of drug-likeness (QED) is 0.763. The van der Waals surface area contributed by atoms with E-state index in [1.165, 1.54) is 23.8 Å². The summed E-state index contributed by atoms with van der Waals surface area (Å²) in [6, 6.07) is 13.4. The Morgan fingerprint density at radius 2 is 1.85 bits per heavy atom. The highest BCUT2D eigenvalue weighted by atomic mass is 19.1. The Morgan fingerprint density at radius 3 is 2.54 bits per heavy atom. The van der Waals surface area contributed by atoms with E-state index in [1.54, 1.807) is 0 Å². The average molecular weight is 357 g/mol. The SMILES string of the molecule is CCN(CCNC(=O)CNC(=O)c1cccc(F)c1)c1ccccc1C. The highest BCUT2D eigenvalue weighted by Gasteiger charge is 2.10. The molecule has 0 radical (unpaired) electrons. The topological polar surface area (TPSA) is 61.4 Å². The number of carbonyl (C=O) groups is 2. The van der Waals surface area contributed by atoms with Gasteiger partial charge in [-0.2, -0.15) is 0 Å². The molecule has 0 aliphatic carbocycles. The summed E-state index contributed by atoms with van der Waals surface area (Å²) in [5.41, 5.74) is 2.52. The van der Waals surface area contributed by atoms with Crippen molar-refractivity contribution in [2.24, 2.45) is 0 Å². The third-order valence-corrected chi connectivity index (χ3v) is 4.04. The van der Waals surface area contributed by atoms with Crippen molar-refractivity contribution in [1.29, 1.82) is 0 Å². The highest BCUT2D eigenvalue weighted by molar-refractivity contribution is 5.96. The van der Waals surface area contributed by atoms with Gasteiger partial charge in [0.1, 0.15) is 5.82 Å². The zero-order chi connectivity index (χ0) is 18.9. The maximum atomic E-state index is 13.1. The normalized spacial score (nSPS) is 10.3. The number of halogens is 1. The second-order valence-electron chi connectivity index (χ2n) is 5.91. The van der Waals surface area contributed by atoms with Crippen molar-refractivity contribution in [3.63, 3.8) is 0 Å². The Balaban J connectivity index is 1.76. The van der Waals surface area contributed by atoms with Gasteiger partial charge >= 0.3 is 0 Å². The maximum Gasteiger partial charge on any atom is 0.251 e. The number of hydrogen-bond acceptors (Lipinski definition) is 3. The fourth-order valence-corrected chi connectivity index (χ4v) is 2.65. The van der Waals surface area contributed by atoms with Crippen LogP contribution in [-0.2, 0) is 4.79 Å². The van der Waals surface area contributed by atoms with Gasteiger partial charge in [0.05, 0.1) is 6.54 Å². The molecule has 0 aliphatic rings. The van der Waals surface area contributed by atoms with E-state index in [0.29, 0.717) is 13.1 Å². The van der Waals surface area contributed by atoms with Crippen molar-refractivity contribution in [3.05, 3.63) is 65.5 Å². The Kier molecular flexibility index (Phi) is 7.14. The van der Waals surface area contributed by atoms with Crippen LogP contribution in [0.2, 0.25) is 0 Å². The smallest absolute Gasteiger partial charge is 0.251 e. The molecule has 0 aliphatic heterocycles. The largest absolute Gasteiger partial charge is 0.370 e. The molecule has 0 saturated heterocycles. The number of rotatable bonds is 8. The predicted octanol–water partition coefficient (Wildman–Crippen LogP) is 2.51. The standard InChI is InChI=1S/C20H24FN3O2/c1-3-24(18-10-5-4-7-15(18)2)12-11-22-19(25)14-23-20(26)16-8-6-9-17(21)13-16/h4-10,13H,3,11-12,14H2,1-2H3,(H,22,25)(H,23,26). The Hall–Kier alpha value is -2.89. The number of nitrogens with zero attached hydrogens (tertiary/aromatic N) is 1. The third-order valence-electron chi connectivity index (χ3n) is 4.04. The highest BCUT2D eigenvalue weighted by Crippen LogP contribution is 2.18. The van der Waals surface area contributed by atoms with Crippen LogP contribution in [0, 0.1) is 12.7 Å². The lowest BCUT2D eigenvalue weighted by Crippen LogP contribution is -2.40. The van der Waals surface area contributed by atoms with E-state index in [1.807, 2.05) is 12.1 Å². The molecule has 0 spiro atoms. The van der Waals surface area contributed by atoms with Gasteiger partial charge in [-0.3, -0.25) is 9.59 Å². The molecule has 0 saturated carbocycles. The Morgan fingerprint density at radius 1 is 1.08 bits per heavy atom. The summed E-state index contributed by atoms with van der Waals surface area (Å²) < 4.78 is 13.1. The van der Waals surface area contributed by atoms with Gasteiger partial charge < -0.3 is 15.5 Å². The molecule has 2 aromatic rings. The average Bonchev–Trinajstić information content (AvgIpc) is 2.64. The molecule has 0 bridgehead atoms. The van der Waals surface area contributed by atoms with E-state index in [4.69, 9.17) is 0 Å². The number of aryl methyl sites for hydroxylation is 1. The second-order valence-corrected chi connectivity index (χ2v) is 5.91. The summed E-state index contributed by atoms with van der Waals surface area (Å²) in [6.07, 6.45) is 0. The van der Waals surface area contributed by atoms with Gasteiger partial charge in [0.2, 0.25) is 5.91 Å². The lowest BCUT2D eigenvalue weighted by molar-refractivity contribution is -0.120. The van der Waals surface area contributed by atoms with Crippen LogP contribution in [-0.4, -0.2) is 38.0 Å². The molecule has 0 heterocycles. The number of carbonyl (C=O) groups excluding carboxylic acids is 2. The van der Waals surface area contributed by atoms with Crippen LogP contribution in [0.25, 0.3) is 0 Å². The van der Waals surface area contributed by atoms with Crippen molar-refractivity contribution in [1.82, 2.24) is 10.6 Å². The minimum atomic E-state index is -0.488. The maximum absolute atomic E-state index is 13.1. The molecule has 0 fully saturated rings. The lowest BCUT2D eigenvalue weighted by Gasteiger charge is -2.25. The summed E-state index contributed by atoms with van der Waals surface area (Å²) in [6.45, 7) is 5.94. The van der Waals surface area contributed by atoms with E-state index in [2.05, 4.69) is 41.5 Å². The first-order valence-corrected chi connectivity index (χ1v) is 8.62. The number of hydrogen-bond donors (Lipinski definition) is 2. The van der Waals surface area contributed by atoms with E-state index < -0.39 is 11.7 Å². The number of benzene rings is 2. The van der Waals surface area contributed by atoms with Crippen molar-refractivity contribution < 1.29 is 14.0 Å². The first-order chi connectivity index (χ1) is 12.5. The molecule has 0 unspecified atom stereocenters. The van der Waals surface area contributed by atoms with Crippen molar-refractivity contribution in [3.8, 4) is 0 Å². The minimum absolute atomic E-state index is 0.147. The van der Waals surface area contributed by atoms with Gasteiger partial charge in [0.25, 0.3) is 5.91 Å². The van der Waals surface area contributed by atoms with Crippen molar-refractivity contribution in [2.75, 3.05) is 31.1 Å². The van der Waals surface area contributed by atoms with Crippen LogP contribution in [0.5, 0.6) is 0 Å². The van der Waals surface area contributed by atoms with Crippen molar-refractivity contribution in [2.45, 2.75) is 13.8 Å². The molecule has 0 atom stereocenters. The van der Waals surface area contributed by atoms with Crippen LogP contribution in [0.4, 0.5) is 10.1 Å². The van der Waals surface area contributed by atoms with E-state index >= 15 is 0 Å². The van der Waals surface area contributed by atoms with Crippen LogP contribution in [0.1, 0.15) is 22.8 Å². The van der Waals surface area contributed by atoms with E-state index in [0.717, 1.165) is 18.3 Å². The summed E-state index contributed by atoms with van der Waals surface area (Å²) in [7, 11) is 0. The Bertz CT molecular complexity index is 764. The van der Waals surface area contributed by atoms with E-state index in [9.17, 15) is 14.0 Å². The first kappa shape index (κ1) is 19.4. The molecule has 2 N–H and O–H groups in total. The molecule has 2 rings (SSSR count). The molecule has 2 aromatic carbocycles. The van der Waals surface area contributed by atoms with Gasteiger partial charge in [-0.25, -0.2) is 4.39 Å².